The van der Waals surface area contributed by atoms with Crippen LogP contribution in [-0.4, -0.2) is 23.0 Å². The van der Waals surface area contributed by atoms with Crippen LogP contribution in [0.3, 0.4) is 0 Å². The van der Waals surface area contributed by atoms with E-state index in [1.807, 2.05) is 0 Å². The van der Waals surface area contributed by atoms with Crippen molar-refractivity contribution in [1.29, 1.82) is 0 Å². The van der Waals surface area contributed by atoms with Crippen molar-refractivity contribution in [1.82, 2.24) is 5.01 Å². The highest BCUT2D eigenvalue weighted by atomic mass is 35.5. The Hall–Kier alpha value is -2.17. The number of hydrazone groups is 1. The first-order valence-corrected chi connectivity index (χ1v) is 6.80. The second-order valence-electron chi connectivity index (χ2n) is 4.38. The molecule has 4 nitrogen and oxygen atoms in total. The summed E-state index contributed by atoms with van der Waals surface area (Å²) >= 11 is 11.8. The van der Waals surface area contributed by atoms with Crippen LogP contribution in [0.2, 0.25) is 10.0 Å². The number of imide groups is 1. The summed E-state index contributed by atoms with van der Waals surface area (Å²) in [6, 6.07) is 11.5. The zero-order valence-electron chi connectivity index (χ0n) is 10.6. The van der Waals surface area contributed by atoms with Crippen LogP contribution in [0.4, 0.5) is 0 Å². The molecule has 0 bridgehead atoms. The molecule has 0 atom stereocenters. The molecule has 21 heavy (non-hydrogen) atoms. The van der Waals surface area contributed by atoms with E-state index >= 15 is 0 Å². The van der Waals surface area contributed by atoms with Gasteiger partial charge in [0.2, 0.25) is 0 Å². The Bertz CT molecular complexity index is 752. The molecule has 104 valence electrons. The Kier molecular flexibility index (Phi) is 3.49. The van der Waals surface area contributed by atoms with Crippen LogP contribution in [0.5, 0.6) is 0 Å². The van der Waals surface area contributed by atoms with Crippen molar-refractivity contribution in [2.45, 2.75) is 0 Å². The molecule has 1 aliphatic heterocycles. The van der Waals surface area contributed by atoms with E-state index in [0.717, 1.165) is 5.01 Å². The molecule has 0 saturated heterocycles. The molecule has 0 aromatic heterocycles. The van der Waals surface area contributed by atoms with Gasteiger partial charge in [0.25, 0.3) is 11.8 Å². The molecule has 2 amide bonds. The Labute approximate surface area is 130 Å². The normalized spacial score (nSPS) is 14.1. The standard InChI is InChI=1S/C15H8Cl2N2O2/c16-10-6-5-9(13(17)7-10)8-18-19-14(20)11-3-1-2-4-12(11)15(19)21/h1-8H. The van der Waals surface area contributed by atoms with E-state index in [4.69, 9.17) is 23.2 Å². The van der Waals surface area contributed by atoms with Gasteiger partial charge in [0.1, 0.15) is 0 Å². The molecule has 0 saturated carbocycles. The Balaban J connectivity index is 1.91. The predicted molar refractivity (Wildman–Crippen MR) is 81.0 cm³/mol. The third kappa shape index (κ3) is 2.44. The van der Waals surface area contributed by atoms with Crippen molar-refractivity contribution in [2.75, 3.05) is 0 Å². The summed E-state index contributed by atoms with van der Waals surface area (Å²) in [7, 11) is 0. The lowest BCUT2D eigenvalue weighted by molar-refractivity contribution is 0.0660. The van der Waals surface area contributed by atoms with E-state index in [9.17, 15) is 9.59 Å². The van der Waals surface area contributed by atoms with Crippen molar-refractivity contribution >= 4 is 41.2 Å². The van der Waals surface area contributed by atoms with Crippen molar-refractivity contribution in [2.24, 2.45) is 5.10 Å². The maximum atomic E-state index is 12.1. The number of fused-ring (bicyclic) bond motifs is 1. The van der Waals surface area contributed by atoms with Crippen LogP contribution in [0.25, 0.3) is 0 Å². The van der Waals surface area contributed by atoms with Crippen molar-refractivity contribution in [3.63, 3.8) is 0 Å². The molecule has 0 radical (unpaired) electrons. The second kappa shape index (κ2) is 5.31. The first-order valence-electron chi connectivity index (χ1n) is 6.05. The van der Waals surface area contributed by atoms with E-state index in [2.05, 4.69) is 5.10 Å². The molecule has 0 unspecified atom stereocenters. The summed E-state index contributed by atoms with van der Waals surface area (Å²) in [5.41, 5.74) is 1.27. The van der Waals surface area contributed by atoms with E-state index in [1.54, 1.807) is 42.5 Å². The SMILES string of the molecule is O=C1c2ccccc2C(=O)N1N=Cc1ccc(Cl)cc1Cl. The van der Waals surface area contributed by atoms with Gasteiger partial charge in [-0.25, -0.2) is 0 Å². The highest BCUT2D eigenvalue weighted by molar-refractivity contribution is 6.36. The minimum Gasteiger partial charge on any atom is -0.267 e. The molecule has 0 fully saturated rings. The van der Waals surface area contributed by atoms with Gasteiger partial charge in [-0.15, -0.1) is 0 Å². The largest absolute Gasteiger partial charge is 0.282 e. The van der Waals surface area contributed by atoms with E-state index in [-0.39, 0.29) is 0 Å². The lowest BCUT2D eigenvalue weighted by Crippen LogP contribution is -2.24. The topological polar surface area (TPSA) is 49.7 Å². The predicted octanol–water partition coefficient (Wildman–Crippen LogP) is 3.62. The molecule has 2 aromatic carbocycles. The summed E-state index contributed by atoms with van der Waals surface area (Å²) < 4.78 is 0. The average molecular weight is 319 g/mol. The number of carbonyl (C=O) groups excluding carboxylic acids is 2. The number of hydrogen-bond acceptors (Lipinski definition) is 3. The van der Waals surface area contributed by atoms with Gasteiger partial charge in [-0.3, -0.25) is 9.59 Å². The van der Waals surface area contributed by atoms with Crippen molar-refractivity contribution in [3.05, 3.63) is 69.2 Å². The summed E-state index contributed by atoms with van der Waals surface area (Å²) in [5, 5.41) is 5.66. The van der Waals surface area contributed by atoms with Crippen LogP contribution in [0.15, 0.2) is 47.6 Å². The number of halogens is 2. The number of benzene rings is 2. The van der Waals surface area contributed by atoms with Crippen molar-refractivity contribution in [3.8, 4) is 0 Å². The van der Waals surface area contributed by atoms with Gasteiger partial charge in [-0.05, 0) is 24.3 Å². The van der Waals surface area contributed by atoms with Gasteiger partial charge in [-0.2, -0.15) is 10.1 Å². The third-order valence-electron chi connectivity index (χ3n) is 3.05. The Morgan fingerprint density at radius 1 is 0.952 bits per heavy atom. The zero-order chi connectivity index (χ0) is 15.0. The second-order valence-corrected chi connectivity index (χ2v) is 5.22. The number of amides is 2. The maximum absolute atomic E-state index is 12.1. The number of carbonyl (C=O) groups is 2. The number of nitrogens with zero attached hydrogens (tertiary/aromatic N) is 2. The third-order valence-corrected chi connectivity index (χ3v) is 3.61. The summed E-state index contributed by atoms with van der Waals surface area (Å²) in [6.07, 6.45) is 1.36. The van der Waals surface area contributed by atoms with Crippen LogP contribution in [0, 0.1) is 0 Å². The van der Waals surface area contributed by atoms with Gasteiger partial charge in [0.15, 0.2) is 0 Å². The molecular weight excluding hydrogens is 311 g/mol. The fourth-order valence-corrected chi connectivity index (χ4v) is 2.46. The zero-order valence-corrected chi connectivity index (χ0v) is 12.1. The molecule has 0 N–H and O–H groups in total. The fourth-order valence-electron chi connectivity index (χ4n) is 2.01. The highest BCUT2D eigenvalue weighted by Crippen LogP contribution is 2.23. The van der Waals surface area contributed by atoms with E-state index in [1.165, 1.54) is 6.21 Å². The van der Waals surface area contributed by atoms with Crippen LogP contribution in [-0.2, 0) is 0 Å². The fraction of sp³-hybridized carbons (Fsp3) is 0. The first-order chi connectivity index (χ1) is 10.1. The molecule has 3 rings (SSSR count). The smallest absolute Gasteiger partial charge is 0.267 e. The monoisotopic (exact) mass is 318 g/mol. The minimum absolute atomic E-state index is 0.349. The van der Waals surface area contributed by atoms with Gasteiger partial charge in [0.05, 0.1) is 22.4 Å². The number of rotatable bonds is 2. The van der Waals surface area contributed by atoms with Gasteiger partial charge >= 0.3 is 0 Å². The summed E-state index contributed by atoms with van der Waals surface area (Å²) in [6.45, 7) is 0. The molecule has 6 heteroatoms. The number of hydrogen-bond donors (Lipinski definition) is 0. The molecule has 0 aliphatic carbocycles. The Morgan fingerprint density at radius 2 is 1.57 bits per heavy atom. The highest BCUT2D eigenvalue weighted by Gasteiger charge is 2.35. The first kappa shape index (κ1) is 13.8. The van der Waals surface area contributed by atoms with Gasteiger partial charge < -0.3 is 0 Å². The molecule has 0 spiro atoms. The lowest BCUT2D eigenvalue weighted by atomic mass is 10.1. The van der Waals surface area contributed by atoms with E-state index < -0.39 is 11.8 Å². The lowest BCUT2D eigenvalue weighted by Gasteiger charge is -2.06. The maximum Gasteiger partial charge on any atom is 0.282 e. The van der Waals surface area contributed by atoms with Crippen LogP contribution >= 0.6 is 23.2 Å². The van der Waals surface area contributed by atoms with Crippen LogP contribution in [0.1, 0.15) is 26.3 Å². The quantitative estimate of drug-likeness (QED) is 0.627. The van der Waals surface area contributed by atoms with Crippen LogP contribution < -0.4 is 0 Å². The summed E-state index contributed by atoms with van der Waals surface area (Å²) in [4.78, 5) is 24.2. The average Bonchev–Trinajstić information content (AvgIpc) is 2.71. The molecule has 2 aromatic rings. The molecule has 1 aliphatic rings. The van der Waals surface area contributed by atoms with Crippen molar-refractivity contribution < 1.29 is 9.59 Å². The molecular formula is C15H8Cl2N2O2. The summed E-state index contributed by atoms with van der Waals surface area (Å²) in [5.74, 6) is -0.895. The van der Waals surface area contributed by atoms with Gasteiger partial charge in [-0.1, -0.05) is 41.4 Å². The minimum atomic E-state index is -0.447. The van der Waals surface area contributed by atoms with Gasteiger partial charge in [0, 0.05) is 10.6 Å². The van der Waals surface area contributed by atoms with E-state index in [0.29, 0.717) is 26.7 Å². The Morgan fingerprint density at radius 3 is 2.14 bits per heavy atom. The molecule has 1 heterocycles.